The number of para-hydroxylation sites is 1. The summed E-state index contributed by atoms with van der Waals surface area (Å²) in [4.78, 5) is 11.5. The van der Waals surface area contributed by atoms with Crippen LogP contribution < -0.4 is 15.2 Å². The molecule has 0 unspecified atom stereocenters. The maximum atomic E-state index is 11.5. The molecule has 4 nitrogen and oxygen atoms in total. The summed E-state index contributed by atoms with van der Waals surface area (Å²) < 4.78 is 10.0. The van der Waals surface area contributed by atoms with Gasteiger partial charge in [-0.3, -0.25) is 0 Å². The molecule has 2 aromatic rings. The lowest BCUT2D eigenvalue weighted by Crippen LogP contribution is -2.13. The molecule has 2 rings (SSSR count). The van der Waals surface area contributed by atoms with E-state index in [1.807, 2.05) is 6.07 Å². The van der Waals surface area contributed by atoms with Crippen molar-refractivity contribution in [2.24, 2.45) is 5.73 Å². The molecule has 0 fully saturated rings. The van der Waals surface area contributed by atoms with Crippen LogP contribution in [0.15, 0.2) is 54.6 Å². The molecule has 0 aliphatic heterocycles. The first kappa shape index (κ1) is 12.1. The van der Waals surface area contributed by atoms with Gasteiger partial charge < -0.3 is 15.2 Å². The molecule has 0 aliphatic rings. The van der Waals surface area contributed by atoms with Crippen molar-refractivity contribution in [1.29, 1.82) is 0 Å². The summed E-state index contributed by atoms with van der Waals surface area (Å²) in [7, 11) is 0. The standard InChI is InChI=1S/C14H13NO3/c15-10-11-6-8-13(9-7-11)18-14(16)17-12-4-2-1-3-5-12/h1-9H,10,15H2. The first-order valence-electron chi connectivity index (χ1n) is 5.51. The van der Waals surface area contributed by atoms with E-state index in [2.05, 4.69) is 0 Å². The molecule has 18 heavy (non-hydrogen) atoms. The Bertz CT molecular complexity index is 508. The van der Waals surface area contributed by atoms with Crippen LogP contribution in [-0.2, 0) is 6.54 Å². The third-order valence-electron chi connectivity index (χ3n) is 2.30. The summed E-state index contributed by atoms with van der Waals surface area (Å²) in [6.07, 6.45) is -0.762. The van der Waals surface area contributed by atoms with E-state index in [9.17, 15) is 4.79 Å². The quantitative estimate of drug-likeness (QED) is 0.665. The lowest BCUT2D eigenvalue weighted by atomic mass is 10.2. The zero-order chi connectivity index (χ0) is 12.8. The Morgan fingerprint density at radius 1 is 0.889 bits per heavy atom. The minimum absolute atomic E-state index is 0.424. The Hall–Kier alpha value is -2.33. The first-order chi connectivity index (χ1) is 8.78. The highest BCUT2D eigenvalue weighted by atomic mass is 16.7. The molecular weight excluding hydrogens is 230 g/mol. The Balaban J connectivity index is 1.94. The number of carbonyl (C=O) groups is 1. The van der Waals surface area contributed by atoms with Gasteiger partial charge in [-0.2, -0.15) is 0 Å². The minimum atomic E-state index is -0.762. The van der Waals surface area contributed by atoms with E-state index in [1.165, 1.54) is 0 Å². The van der Waals surface area contributed by atoms with E-state index < -0.39 is 6.16 Å². The van der Waals surface area contributed by atoms with Crippen molar-refractivity contribution in [3.63, 3.8) is 0 Å². The average molecular weight is 243 g/mol. The average Bonchev–Trinajstić information content (AvgIpc) is 2.40. The van der Waals surface area contributed by atoms with E-state index >= 15 is 0 Å². The van der Waals surface area contributed by atoms with Gasteiger partial charge in [0.1, 0.15) is 11.5 Å². The molecule has 0 aliphatic carbocycles. The normalized spacial score (nSPS) is 9.83. The van der Waals surface area contributed by atoms with Crippen LogP contribution in [-0.4, -0.2) is 6.16 Å². The Labute approximate surface area is 105 Å². The molecular formula is C14H13NO3. The zero-order valence-corrected chi connectivity index (χ0v) is 9.71. The number of nitrogens with two attached hydrogens (primary N) is 1. The van der Waals surface area contributed by atoms with Gasteiger partial charge in [-0.15, -0.1) is 0 Å². The van der Waals surface area contributed by atoms with E-state index in [4.69, 9.17) is 15.2 Å². The van der Waals surface area contributed by atoms with Gasteiger partial charge in [0.15, 0.2) is 0 Å². The minimum Gasteiger partial charge on any atom is -0.395 e. The molecule has 0 heterocycles. The van der Waals surface area contributed by atoms with Crippen molar-refractivity contribution in [1.82, 2.24) is 0 Å². The first-order valence-corrected chi connectivity index (χ1v) is 5.51. The van der Waals surface area contributed by atoms with Gasteiger partial charge in [0.05, 0.1) is 0 Å². The third kappa shape index (κ3) is 3.33. The molecule has 4 heteroatoms. The third-order valence-corrected chi connectivity index (χ3v) is 2.30. The van der Waals surface area contributed by atoms with Crippen molar-refractivity contribution >= 4 is 6.16 Å². The lowest BCUT2D eigenvalue weighted by Gasteiger charge is -2.05. The zero-order valence-electron chi connectivity index (χ0n) is 9.71. The smallest absolute Gasteiger partial charge is 0.395 e. The molecule has 0 amide bonds. The summed E-state index contributed by atoms with van der Waals surface area (Å²) in [5, 5.41) is 0. The maximum absolute atomic E-state index is 11.5. The van der Waals surface area contributed by atoms with Crippen LogP contribution in [0.25, 0.3) is 0 Å². The molecule has 2 aromatic carbocycles. The molecule has 0 spiro atoms. The Kier molecular flexibility index (Phi) is 3.94. The predicted octanol–water partition coefficient (Wildman–Crippen LogP) is 2.72. The SMILES string of the molecule is NCc1ccc(OC(=O)Oc2ccccc2)cc1. The predicted molar refractivity (Wildman–Crippen MR) is 67.4 cm³/mol. The van der Waals surface area contributed by atoms with Crippen LogP contribution >= 0.6 is 0 Å². The number of hydrogen-bond acceptors (Lipinski definition) is 4. The second-order valence-corrected chi connectivity index (χ2v) is 3.62. The molecule has 0 bridgehead atoms. The molecule has 0 atom stereocenters. The Morgan fingerprint density at radius 3 is 2.00 bits per heavy atom. The van der Waals surface area contributed by atoms with E-state index in [1.54, 1.807) is 48.5 Å². The van der Waals surface area contributed by atoms with E-state index in [-0.39, 0.29) is 0 Å². The van der Waals surface area contributed by atoms with Crippen LogP contribution in [0.5, 0.6) is 11.5 Å². The second kappa shape index (κ2) is 5.84. The van der Waals surface area contributed by atoms with Crippen molar-refractivity contribution in [2.45, 2.75) is 6.54 Å². The van der Waals surface area contributed by atoms with Gasteiger partial charge in [-0.05, 0) is 29.8 Å². The fourth-order valence-corrected chi connectivity index (χ4v) is 1.40. The van der Waals surface area contributed by atoms with Crippen molar-refractivity contribution in [2.75, 3.05) is 0 Å². The van der Waals surface area contributed by atoms with Gasteiger partial charge in [-0.25, -0.2) is 4.79 Å². The highest BCUT2D eigenvalue weighted by molar-refractivity contribution is 5.67. The van der Waals surface area contributed by atoms with Crippen LogP contribution in [0.1, 0.15) is 5.56 Å². The van der Waals surface area contributed by atoms with Gasteiger partial charge in [0, 0.05) is 6.54 Å². The van der Waals surface area contributed by atoms with Gasteiger partial charge in [0.25, 0.3) is 0 Å². The maximum Gasteiger partial charge on any atom is 0.519 e. The highest BCUT2D eigenvalue weighted by Gasteiger charge is 2.07. The number of ether oxygens (including phenoxy) is 2. The topological polar surface area (TPSA) is 61.5 Å². The van der Waals surface area contributed by atoms with Gasteiger partial charge in [0.2, 0.25) is 0 Å². The van der Waals surface area contributed by atoms with Crippen molar-refractivity contribution < 1.29 is 14.3 Å². The summed E-state index contributed by atoms with van der Waals surface area (Å²) in [6, 6.07) is 15.7. The van der Waals surface area contributed by atoms with E-state index in [0.29, 0.717) is 18.0 Å². The largest absolute Gasteiger partial charge is 0.519 e. The summed E-state index contributed by atoms with van der Waals surface area (Å²) >= 11 is 0. The highest BCUT2D eigenvalue weighted by Crippen LogP contribution is 2.14. The number of hydrogen-bond donors (Lipinski definition) is 1. The molecule has 0 saturated heterocycles. The molecule has 2 N–H and O–H groups in total. The monoisotopic (exact) mass is 243 g/mol. The molecule has 0 radical (unpaired) electrons. The Morgan fingerprint density at radius 2 is 1.44 bits per heavy atom. The fraction of sp³-hybridized carbons (Fsp3) is 0.0714. The van der Waals surface area contributed by atoms with Gasteiger partial charge in [-0.1, -0.05) is 30.3 Å². The van der Waals surface area contributed by atoms with Crippen LogP contribution in [0.2, 0.25) is 0 Å². The van der Waals surface area contributed by atoms with Crippen LogP contribution in [0.4, 0.5) is 4.79 Å². The van der Waals surface area contributed by atoms with Crippen molar-refractivity contribution in [3.05, 3.63) is 60.2 Å². The van der Waals surface area contributed by atoms with Gasteiger partial charge >= 0.3 is 6.16 Å². The summed E-state index contributed by atoms with van der Waals surface area (Å²) in [5.41, 5.74) is 6.44. The summed E-state index contributed by atoms with van der Waals surface area (Å²) in [6.45, 7) is 0.453. The second-order valence-electron chi connectivity index (χ2n) is 3.62. The van der Waals surface area contributed by atoms with Crippen LogP contribution in [0.3, 0.4) is 0 Å². The van der Waals surface area contributed by atoms with E-state index in [0.717, 1.165) is 5.56 Å². The lowest BCUT2D eigenvalue weighted by molar-refractivity contribution is 0.152. The number of benzene rings is 2. The fourth-order valence-electron chi connectivity index (χ4n) is 1.40. The number of rotatable bonds is 3. The molecule has 92 valence electrons. The van der Waals surface area contributed by atoms with Crippen LogP contribution in [0, 0.1) is 0 Å². The number of carbonyl (C=O) groups excluding carboxylic acids is 1. The molecule has 0 saturated carbocycles. The molecule has 0 aromatic heterocycles. The summed E-state index contributed by atoms with van der Waals surface area (Å²) in [5.74, 6) is 0.870. The van der Waals surface area contributed by atoms with Crippen molar-refractivity contribution in [3.8, 4) is 11.5 Å².